The molecule has 0 aromatic carbocycles. The number of fused-ring (bicyclic) bond motifs is 2. The first-order valence-electron chi connectivity index (χ1n) is 9.25. The van der Waals surface area contributed by atoms with E-state index in [4.69, 9.17) is 14.2 Å². The molecule has 2 aromatic rings. The first-order chi connectivity index (χ1) is 13.4. The summed E-state index contributed by atoms with van der Waals surface area (Å²) in [6, 6.07) is 0.441. The van der Waals surface area contributed by atoms with E-state index in [0.29, 0.717) is 21.0 Å². The number of rotatable bonds is 4. The van der Waals surface area contributed by atoms with E-state index in [1.54, 1.807) is 13.4 Å². The molecule has 2 aliphatic heterocycles. The molecular formula is C17H21IN6O4. The lowest BCUT2D eigenvalue weighted by Gasteiger charge is -2.24. The fourth-order valence-electron chi connectivity index (χ4n) is 3.75. The van der Waals surface area contributed by atoms with Gasteiger partial charge in [0.25, 0.3) is 5.91 Å². The molecule has 0 spiro atoms. The van der Waals surface area contributed by atoms with Gasteiger partial charge in [0.1, 0.15) is 12.2 Å². The van der Waals surface area contributed by atoms with Gasteiger partial charge in [-0.1, -0.05) is 0 Å². The van der Waals surface area contributed by atoms with Crippen LogP contribution in [0.3, 0.4) is 0 Å². The lowest BCUT2D eigenvalue weighted by molar-refractivity contribution is -0.197. The number of nitrogens with zero attached hydrogens (tertiary/aromatic N) is 4. The highest BCUT2D eigenvalue weighted by Crippen LogP contribution is 2.44. The maximum absolute atomic E-state index is 12.3. The van der Waals surface area contributed by atoms with Gasteiger partial charge in [0.2, 0.25) is 0 Å². The van der Waals surface area contributed by atoms with Crippen LogP contribution in [0, 0.1) is 3.83 Å². The molecule has 3 fully saturated rings. The number of hydrogen-bond acceptors (Lipinski definition) is 8. The van der Waals surface area contributed by atoms with Gasteiger partial charge in [-0.2, -0.15) is 0 Å². The van der Waals surface area contributed by atoms with Crippen molar-refractivity contribution >= 4 is 45.5 Å². The summed E-state index contributed by atoms with van der Waals surface area (Å²) in [7, 11) is 1.58. The van der Waals surface area contributed by atoms with Gasteiger partial charge >= 0.3 is 0 Å². The Morgan fingerprint density at radius 1 is 1.29 bits per heavy atom. The molecule has 4 atom stereocenters. The van der Waals surface area contributed by atoms with Crippen LogP contribution in [0.1, 0.15) is 32.9 Å². The summed E-state index contributed by atoms with van der Waals surface area (Å²) in [5.41, 5.74) is 1.31. The molecule has 1 amide bonds. The van der Waals surface area contributed by atoms with Crippen LogP contribution in [-0.4, -0.2) is 62.6 Å². The van der Waals surface area contributed by atoms with Crippen LogP contribution < -0.4 is 10.6 Å². The molecule has 1 saturated carbocycles. The number of aromatic nitrogens is 4. The van der Waals surface area contributed by atoms with E-state index >= 15 is 0 Å². The predicted octanol–water partition coefficient (Wildman–Crippen LogP) is 1.17. The Morgan fingerprint density at radius 3 is 2.75 bits per heavy atom. The zero-order valence-electron chi connectivity index (χ0n) is 15.7. The number of anilines is 1. The molecule has 1 aliphatic carbocycles. The van der Waals surface area contributed by atoms with E-state index in [-0.39, 0.29) is 5.91 Å². The first kappa shape index (κ1) is 18.5. The summed E-state index contributed by atoms with van der Waals surface area (Å²) >= 11 is 2.09. The van der Waals surface area contributed by atoms with Crippen molar-refractivity contribution in [3.8, 4) is 0 Å². The van der Waals surface area contributed by atoms with Crippen LogP contribution in [0.4, 0.5) is 5.82 Å². The number of carbonyl (C=O) groups is 1. The molecule has 11 heteroatoms. The average molecular weight is 500 g/mol. The molecular weight excluding hydrogens is 479 g/mol. The van der Waals surface area contributed by atoms with Gasteiger partial charge in [-0.25, -0.2) is 15.0 Å². The van der Waals surface area contributed by atoms with Gasteiger partial charge in [-0.15, -0.1) is 0 Å². The van der Waals surface area contributed by atoms with Crippen LogP contribution in [0.25, 0.3) is 11.2 Å². The summed E-state index contributed by atoms with van der Waals surface area (Å²) in [5, 5.41) is 6.04. The molecule has 10 nitrogen and oxygen atoms in total. The molecule has 0 unspecified atom stereocenters. The Morgan fingerprint density at radius 2 is 2.04 bits per heavy atom. The van der Waals surface area contributed by atoms with Crippen LogP contribution in [0.2, 0.25) is 0 Å². The summed E-state index contributed by atoms with van der Waals surface area (Å²) in [4.78, 5) is 25.9. The molecule has 150 valence electrons. The third-order valence-electron chi connectivity index (χ3n) is 5.12. The molecule has 2 N–H and O–H groups in total. The van der Waals surface area contributed by atoms with E-state index in [0.717, 1.165) is 18.7 Å². The van der Waals surface area contributed by atoms with Gasteiger partial charge in [0, 0.05) is 35.7 Å². The molecule has 3 aliphatic rings. The lowest BCUT2D eigenvalue weighted by atomic mass is 10.1. The first-order valence-corrected chi connectivity index (χ1v) is 10.3. The van der Waals surface area contributed by atoms with E-state index in [1.165, 1.54) is 0 Å². The molecule has 2 saturated heterocycles. The normalized spacial score (nSPS) is 31.1. The van der Waals surface area contributed by atoms with Crippen molar-refractivity contribution < 1.29 is 19.0 Å². The summed E-state index contributed by atoms with van der Waals surface area (Å²) in [6.07, 6.45) is 1.60. The fraction of sp³-hybridized carbons (Fsp3) is 0.647. The van der Waals surface area contributed by atoms with Crippen molar-refractivity contribution in [1.29, 1.82) is 0 Å². The Bertz CT molecular complexity index is 945. The quantitative estimate of drug-likeness (QED) is 0.476. The lowest BCUT2D eigenvalue weighted by Crippen LogP contribution is -2.41. The highest BCUT2D eigenvalue weighted by atomic mass is 127. The van der Waals surface area contributed by atoms with E-state index < -0.39 is 30.3 Å². The largest absolute Gasteiger partial charge is 0.365 e. The van der Waals surface area contributed by atoms with Gasteiger partial charge < -0.3 is 24.8 Å². The zero-order valence-corrected chi connectivity index (χ0v) is 17.8. The van der Waals surface area contributed by atoms with Crippen LogP contribution >= 0.6 is 22.6 Å². The third-order valence-corrected chi connectivity index (χ3v) is 5.60. The highest BCUT2D eigenvalue weighted by Gasteiger charge is 2.58. The van der Waals surface area contributed by atoms with Gasteiger partial charge in [-0.3, -0.25) is 9.36 Å². The van der Waals surface area contributed by atoms with E-state index in [1.807, 2.05) is 18.4 Å². The number of ether oxygens (including phenoxy) is 3. The SMILES string of the molecule is CNC(=O)[C@H]1O[C@@H](n2cnc3c(NC4CC4)nc(I)nc32)[C@@H]2OC(C)(C)O[C@@H]21. The minimum atomic E-state index is -0.803. The summed E-state index contributed by atoms with van der Waals surface area (Å²) in [5.74, 6) is -0.331. The minimum Gasteiger partial charge on any atom is -0.365 e. The number of carbonyl (C=O) groups excluding carboxylic acids is 1. The molecule has 0 bridgehead atoms. The van der Waals surface area contributed by atoms with Crippen molar-refractivity contribution in [3.63, 3.8) is 0 Å². The van der Waals surface area contributed by atoms with Crippen LogP contribution in [0.5, 0.6) is 0 Å². The Kier molecular flexibility index (Phi) is 4.27. The number of halogens is 1. The van der Waals surface area contributed by atoms with Crippen molar-refractivity contribution in [2.45, 2.75) is 63.1 Å². The minimum absolute atomic E-state index is 0.247. The van der Waals surface area contributed by atoms with Crippen LogP contribution in [0.15, 0.2) is 6.33 Å². The van der Waals surface area contributed by atoms with Crippen LogP contribution in [-0.2, 0) is 19.0 Å². The number of nitrogens with one attached hydrogen (secondary N) is 2. The second-order valence-corrected chi connectivity index (χ2v) is 8.68. The van der Waals surface area contributed by atoms with Crippen molar-refractivity contribution in [2.75, 3.05) is 12.4 Å². The smallest absolute Gasteiger partial charge is 0.251 e. The van der Waals surface area contributed by atoms with E-state index in [2.05, 4.69) is 48.2 Å². The van der Waals surface area contributed by atoms with Crippen molar-refractivity contribution in [3.05, 3.63) is 10.2 Å². The summed E-state index contributed by atoms with van der Waals surface area (Å²) in [6.45, 7) is 3.66. The van der Waals surface area contributed by atoms with Gasteiger partial charge in [-0.05, 0) is 26.7 Å². The van der Waals surface area contributed by atoms with Crippen molar-refractivity contribution in [1.82, 2.24) is 24.8 Å². The van der Waals surface area contributed by atoms with Gasteiger partial charge in [0.05, 0.1) is 6.33 Å². The topological polar surface area (TPSA) is 112 Å². The summed E-state index contributed by atoms with van der Waals surface area (Å²) < 4.78 is 20.5. The molecule has 0 radical (unpaired) electrons. The highest BCUT2D eigenvalue weighted by molar-refractivity contribution is 14.1. The standard InChI is InChI=1S/C17H21IN6O4/c1-17(2)27-9-10(14(25)19-3)26-15(11(9)28-17)24-6-20-8-12(21-7-4-5-7)22-16(18)23-13(8)24/h6-7,9-11,15H,4-5H2,1-3H3,(H,19,25)(H,21,22,23)/t9-,10+,11-,15-/m1/s1. The molecule has 5 rings (SSSR count). The molecule has 4 heterocycles. The number of imidazole rings is 1. The Labute approximate surface area is 174 Å². The Hall–Kier alpha value is -1.57. The second-order valence-electron chi connectivity index (χ2n) is 7.71. The maximum Gasteiger partial charge on any atom is 0.251 e. The predicted molar refractivity (Wildman–Crippen MR) is 106 cm³/mol. The van der Waals surface area contributed by atoms with Crippen molar-refractivity contribution in [2.24, 2.45) is 0 Å². The number of likely N-dealkylation sites (N-methyl/N-ethyl adjacent to an activating group) is 1. The Balaban J connectivity index is 1.55. The third kappa shape index (κ3) is 3.04. The monoisotopic (exact) mass is 500 g/mol. The molecule has 28 heavy (non-hydrogen) atoms. The zero-order chi connectivity index (χ0) is 19.6. The van der Waals surface area contributed by atoms with E-state index in [9.17, 15) is 4.79 Å². The molecule has 2 aromatic heterocycles. The average Bonchev–Trinajstić information content (AvgIpc) is 3.12. The number of hydrogen-bond donors (Lipinski definition) is 2. The fourth-order valence-corrected chi connectivity index (χ4v) is 4.22. The number of amides is 1. The maximum atomic E-state index is 12.3. The van der Waals surface area contributed by atoms with Gasteiger partial charge in [0.15, 0.2) is 38.9 Å². The second kappa shape index (κ2) is 6.47.